The molecule has 4 aliphatic rings. The largest absolute Gasteiger partial charge is 0.454 e. The minimum Gasteiger partial charge on any atom is -0.454 e. The first-order chi connectivity index (χ1) is 19.2. The van der Waals surface area contributed by atoms with E-state index in [2.05, 4.69) is 5.32 Å². The molecule has 1 heterocycles. The monoisotopic (exact) mass is 556 g/mol. The average molecular weight is 557 g/mol. The third-order valence-electron chi connectivity index (χ3n) is 8.43. The second-order valence-electron chi connectivity index (χ2n) is 11.1. The van der Waals surface area contributed by atoms with Crippen LogP contribution in [-0.2, 0) is 23.9 Å². The molecule has 3 atom stereocenters. The van der Waals surface area contributed by atoms with E-state index in [0.29, 0.717) is 10.7 Å². The fraction of sp³-hybridized carbons (Fsp3) is 0.312. The summed E-state index contributed by atoms with van der Waals surface area (Å²) in [6.07, 6.45) is 0. The number of amides is 3. The molecule has 40 heavy (non-hydrogen) atoms. The van der Waals surface area contributed by atoms with E-state index in [9.17, 15) is 19.2 Å². The molecule has 7 nitrogen and oxygen atoms in total. The van der Waals surface area contributed by atoms with Gasteiger partial charge in [0.15, 0.2) is 6.61 Å². The van der Waals surface area contributed by atoms with E-state index in [-0.39, 0.29) is 23.7 Å². The van der Waals surface area contributed by atoms with E-state index < -0.39 is 42.3 Å². The van der Waals surface area contributed by atoms with Crippen LogP contribution in [0.4, 0.5) is 5.69 Å². The summed E-state index contributed by atoms with van der Waals surface area (Å²) < 4.78 is 5.38. The highest BCUT2D eigenvalue weighted by atomic mass is 35.5. The number of hydrogen-bond donors (Lipinski definition) is 1. The van der Waals surface area contributed by atoms with Gasteiger partial charge in [0.05, 0.1) is 11.8 Å². The maximum atomic E-state index is 14.1. The van der Waals surface area contributed by atoms with E-state index in [1.165, 1.54) is 0 Å². The fourth-order valence-electron chi connectivity index (χ4n) is 6.74. The number of hydrogen-bond acceptors (Lipinski definition) is 5. The number of rotatable bonds is 6. The van der Waals surface area contributed by atoms with Crippen LogP contribution in [0, 0.1) is 24.7 Å². The molecule has 2 bridgehead atoms. The summed E-state index contributed by atoms with van der Waals surface area (Å²) in [7, 11) is 0. The van der Waals surface area contributed by atoms with Gasteiger partial charge in [-0.05, 0) is 52.8 Å². The Labute approximate surface area is 237 Å². The number of likely N-dealkylation sites (tertiary alicyclic amines) is 1. The molecule has 0 unspecified atom stereocenters. The molecule has 3 aliphatic carbocycles. The van der Waals surface area contributed by atoms with E-state index in [1.54, 1.807) is 32.0 Å². The zero-order valence-corrected chi connectivity index (χ0v) is 23.1. The number of halogens is 1. The maximum Gasteiger partial charge on any atom is 0.330 e. The minimum absolute atomic E-state index is 0.264. The lowest BCUT2D eigenvalue weighted by atomic mass is 9.55. The van der Waals surface area contributed by atoms with Gasteiger partial charge in [-0.2, -0.15) is 0 Å². The van der Waals surface area contributed by atoms with Gasteiger partial charge in [-0.3, -0.25) is 19.3 Å². The fourth-order valence-corrected chi connectivity index (χ4v) is 6.92. The highest BCUT2D eigenvalue weighted by Crippen LogP contribution is 2.61. The summed E-state index contributed by atoms with van der Waals surface area (Å²) >= 11 is 6.13. The molecular formula is C32H29ClN2O5. The lowest BCUT2D eigenvalue weighted by molar-refractivity contribution is -0.162. The number of imide groups is 1. The van der Waals surface area contributed by atoms with Crippen molar-refractivity contribution in [2.24, 2.45) is 17.8 Å². The molecule has 1 fully saturated rings. The van der Waals surface area contributed by atoms with E-state index >= 15 is 0 Å². The third kappa shape index (κ3) is 4.03. The van der Waals surface area contributed by atoms with Crippen LogP contribution in [0.2, 0.25) is 5.02 Å². The van der Waals surface area contributed by atoms with Gasteiger partial charge in [0.1, 0.15) is 6.04 Å². The second kappa shape index (κ2) is 9.89. The lowest BCUT2D eigenvalue weighted by Gasteiger charge is -2.45. The Balaban J connectivity index is 1.25. The van der Waals surface area contributed by atoms with Gasteiger partial charge in [0, 0.05) is 22.5 Å². The summed E-state index contributed by atoms with van der Waals surface area (Å²) in [6.45, 7) is 4.82. The number of anilines is 1. The summed E-state index contributed by atoms with van der Waals surface area (Å²) in [5.41, 5.74) is 5.59. The molecule has 3 amide bonds. The molecule has 3 aromatic carbocycles. The van der Waals surface area contributed by atoms with Crippen molar-refractivity contribution in [2.75, 3.05) is 11.9 Å². The first-order valence-corrected chi connectivity index (χ1v) is 13.8. The van der Waals surface area contributed by atoms with Crippen molar-refractivity contribution < 1.29 is 23.9 Å². The van der Waals surface area contributed by atoms with Gasteiger partial charge in [-0.1, -0.05) is 80.0 Å². The van der Waals surface area contributed by atoms with Crippen LogP contribution in [0.25, 0.3) is 0 Å². The predicted octanol–water partition coefficient (Wildman–Crippen LogP) is 5.05. The summed E-state index contributed by atoms with van der Waals surface area (Å²) in [4.78, 5) is 55.1. The quantitative estimate of drug-likeness (QED) is 0.339. The molecule has 0 aromatic heterocycles. The Morgan fingerprint density at radius 1 is 0.875 bits per heavy atom. The second-order valence-corrected chi connectivity index (χ2v) is 11.5. The molecule has 3 aromatic rings. The Kier molecular flexibility index (Phi) is 6.50. The maximum absolute atomic E-state index is 14.1. The highest BCUT2D eigenvalue weighted by molar-refractivity contribution is 6.31. The molecule has 204 valence electrons. The minimum atomic E-state index is -1.14. The smallest absolute Gasteiger partial charge is 0.330 e. The topological polar surface area (TPSA) is 92.8 Å². The summed E-state index contributed by atoms with van der Waals surface area (Å²) in [5.74, 6) is -4.17. The zero-order chi connectivity index (χ0) is 28.3. The van der Waals surface area contributed by atoms with Crippen molar-refractivity contribution in [2.45, 2.75) is 38.6 Å². The predicted molar refractivity (Wildman–Crippen MR) is 150 cm³/mol. The van der Waals surface area contributed by atoms with Gasteiger partial charge in [-0.25, -0.2) is 4.79 Å². The Bertz CT molecular complexity index is 1450. The molecule has 0 radical (unpaired) electrons. The van der Waals surface area contributed by atoms with Gasteiger partial charge in [0.25, 0.3) is 5.91 Å². The number of ether oxygens (including phenoxy) is 1. The van der Waals surface area contributed by atoms with Gasteiger partial charge in [-0.15, -0.1) is 0 Å². The van der Waals surface area contributed by atoms with Crippen LogP contribution in [0.15, 0.2) is 66.7 Å². The van der Waals surface area contributed by atoms with E-state index in [4.69, 9.17) is 16.3 Å². The molecule has 7 rings (SSSR count). The van der Waals surface area contributed by atoms with E-state index in [1.807, 2.05) is 55.5 Å². The van der Waals surface area contributed by atoms with E-state index in [0.717, 1.165) is 32.7 Å². The van der Waals surface area contributed by atoms with Crippen molar-refractivity contribution in [3.63, 3.8) is 0 Å². The Morgan fingerprint density at radius 2 is 1.38 bits per heavy atom. The van der Waals surface area contributed by atoms with Crippen LogP contribution in [0.5, 0.6) is 0 Å². The molecule has 0 spiro atoms. The highest BCUT2D eigenvalue weighted by Gasteiger charge is 2.63. The van der Waals surface area contributed by atoms with Crippen molar-refractivity contribution in [1.29, 1.82) is 0 Å². The number of carbonyl (C=O) groups excluding carboxylic acids is 4. The number of nitrogens with zero attached hydrogens (tertiary/aromatic N) is 1. The Morgan fingerprint density at radius 3 is 1.82 bits per heavy atom. The van der Waals surface area contributed by atoms with Crippen LogP contribution < -0.4 is 5.32 Å². The number of nitrogens with one attached hydrogen (secondary N) is 1. The van der Waals surface area contributed by atoms with Gasteiger partial charge >= 0.3 is 5.97 Å². The zero-order valence-electron chi connectivity index (χ0n) is 22.4. The molecule has 0 saturated carbocycles. The van der Waals surface area contributed by atoms with Gasteiger partial charge in [0.2, 0.25) is 11.8 Å². The van der Waals surface area contributed by atoms with Crippen molar-refractivity contribution in [1.82, 2.24) is 4.90 Å². The normalized spacial score (nSPS) is 23.0. The summed E-state index contributed by atoms with van der Waals surface area (Å²) in [6, 6.07) is 19.9. The van der Waals surface area contributed by atoms with Crippen molar-refractivity contribution >= 4 is 41.0 Å². The number of benzene rings is 3. The van der Waals surface area contributed by atoms with Crippen molar-refractivity contribution in [3.8, 4) is 0 Å². The SMILES string of the molecule is Cc1ccc(NC(=O)COC(=O)[C@@H](C(C)C)N2C(=O)[C@@H]3C4c5ccccc5C(c5ccccc54)[C@@H]3C2=O)cc1Cl. The van der Waals surface area contributed by atoms with Crippen LogP contribution in [-0.4, -0.2) is 41.2 Å². The van der Waals surface area contributed by atoms with Crippen LogP contribution in [0.1, 0.15) is 53.5 Å². The standard InChI is InChI=1S/C32H29ClN2O5/c1-16(2)29(32(39)40-15-24(36)34-18-13-12-17(3)23(33)14-18)35-30(37)27-25-19-8-4-5-9-20(19)26(28(27)31(35)38)22-11-7-6-10-21(22)25/h4-14,16,25-29H,15H2,1-3H3,(H,34,36)/t25?,26?,27-,28+,29-/m1/s1. The molecular weight excluding hydrogens is 528 g/mol. The molecule has 8 heteroatoms. The van der Waals surface area contributed by atoms with Crippen LogP contribution >= 0.6 is 11.6 Å². The van der Waals surface area contributed by atoms with Crippen LogP contribution in [0.3, 0.4) is 0 Å². The number of carbonyl (C=O) groups is 4. The number of aryl methyl sites for hydroxylation is 1. The first kappa shape index (κ1) is 26.3. The molecule has 1 saturated heterocycles. The van der Waals surface area contributed by atoms with Crippen molar-refractivity contribution in [3.05, 3.63) is 99.6 Å². The number of esters is 1. The summed E-state index contributed by atoms with van der Waals surface area (Å²) in [5, 5.41) is 3.15. The molecule has 1 aliphatic heterocycles. The Hall–Kier alpha value is -3.97. The average Bonchev–Trinajstić information content (AvgIpc) is 3.20. The first-order valence-electron chi connectivity index (χ1n) is 13.5. The lowest BCUT2D eigenvalue weighted by Crippen LogP contribution is -2.49. The molecule has 1 N–H and O–H groups in total. The third-order valence-corrected chi connectivity index (χ3v) is 8.84. The van der Waals surface area contributed by atoms with Gasteiger partial charge < -0.3 is 10.1 Å².